The molecule has 6 nitrogen and oxygen atoms in total. The van der Waals surface area contributed by atoms with Crippen molar-refractivity contribution in [2.24, 2.45) is 0 Å². The molecule has 1 saturated heterocycles. The van der Waals surface area contributed by atoms with Crippen molar-refractivity contribution in [3.8, 4) is 0 Å². The summed E-state index contributed by atoms with van der Waals surface area (Å²) in [7, 11) is 0. The van der Waals surface area contributed by atoms with Crippen LogP contribution in [0.5, 0.6) is 0 Å². The topological polar surface area (TPSA) is 57.2 Å². The lowest BCUT2D eigenvalue weighted by Gasteiger charge is -2.31. The predicted octanol–water partition coefficient (Wildman–Crippen LogP) is 3.76. The van der Waals surface area contributed by atoms with Gasteiger partial charge in [-0.05, 0) is 11.6 Å². The predicted molar refractivity (Wildman–Crippen MR) is 114 cm³/mol. The first-order valence-corrected chi connectivity index (χ1v) is 9.80. The molecule has 2 aromatic heterocycles. The maximum absolute atomic E-state index is 6.10. The molecule has 134 valence electrons. The third-order valence-electron chi connectivity index (χ3n) is 4.35. The second-order valence-corrected chi connectivity index (χ2v) is 7.88. The van der Waals surface area contributed by atoms with E-state index < -0.39 is 0 Å². The molecule has 1 N–H and O–H groups in total. The average molecular weight is 481 g/mol. The van der Waals surface area contributed by atoms with E-state index in [4.69, 9.17) is 21.6 Å². The van der Waals surface area contributed by atoms with Gasteiger partial charge in [-0.25, -0.2) is 13.1 Å². The highest BCUT2D eigenvalue weighted by Crippen LogP contribution is 2.26. The Hall–Kier alpha value is -1.71. The van der Waals surface area contributed by atoms with Gasteiger partial charge in [0.25, 0.3) is 0 Å². The lowest BCUT2D eigenvalue weighted by atomic mass is 10.2. The zero-order valence-corrected chi connectivity index (χ0v) is 17.0. The number of nitrogens with zero attached hydrogens (tertiary/aromatic N) is 5. The Morgan fingerprint density at radius 1 is 1.08 bits per heavy atom. The van der Waals surface area contributed by atoms with Crippen molar-refractivity contribution < 1.29 is 0 Å². The Bertz CT molecular complexity index is 899. The van der Waals surface area contributed by atoms with Crippen LogP contribution in [0.1, 0.15) is 5.56 Å². The summed E-state index contributed by atoms with van der Waals surface area (Å²) in [6.07, 6.45) is 1.71. The van der Waals surface area contributed by atoms with E-state index in [2.05, 4.69) is 53.3 Å². The Kier molecular flexibility index (Phi) is 5.37. The van der Waals surface area contributed by atoms with Crippen LogP contribution in [0.4, 0.5) is 11.8 Å². The van der Waals surface area contributed by atoms with E-state index in [1.165, 1.54) is 5.56 Å². The largest absolute Gasteiger partial charge is 0.365 e. The van der Waals surface area contributed by atoms with Crippen molar-refractivity contribution in [3.63, 3.8) is 0 Å². The van der Waals surface area contributed by atoms with E-state index in [1.807, 2.05) is 24.3 Å². The molecule has 0 spiro atoms. The summed E-state index contributed by atoms with van der Waals surface area (Å²) < 4.78 is 2.28. The number of rotatable bonds is 4. The number of benzene rings is 1. The fourth-order valence-electron chi connectivity index (χ4n) is 2.93. The van der Waals surface area contributed by atoms with E-state index in [-0.39, 0.29) is 0 Å². The third-order valence-corrected chi connectivity index (χ3v) is 5.52. The number of halogens is 2. The van der Waals surface area contributed by atoms with Gasteiger partial charge in [0, 0.05) is 61.0 Å². The van der Waals surface area contributed by atoms with Gasteiger partial charge < -0.3 is 10.2 Å². The maximum atomic E-state index is 6.10. The summed E-state index contributed by atoms with van der Waals surface area (Å²) in [5, 5.41) is 4.77. The van der Waals surface area contributed by atoms with Crippen LogP contribution in [-0.4, -0.2) is 44.2 Å². The van der Waals surface area contributed by atoms with E-state index in [1.54, 1.807) is 6.20 Å². The molecule has 0 radical (unpaired) electrons. The van der Waals surface area contributed by atoms with Crippen LogP contribution in [-0.2, 0) is 6.54 Å². The Balaban J connectivity index is 1.67. The van der Waals surface area contributed by atoms with E-state index in [0.717, 1.165) is 48.8 Å². The van der Waals surface area contributed by atoms with Gasteiger partial charge in [-0.15, -0.1) is 0 Å². The van der Waals surface area contributed by atoms with E-state index in [0.29, 0.717) is 11.7 Å². The zero-order chi connectivity index (χ0) is 17.9. The van der Waals surface area contributed by atoms with Crippen LogP contribution in [0.2, 0.25) is 5.15 Å². The highest BCUT2D eigenvalue weighted by molar-refractivity contribution is 14.1. The first-order valence-electron chi connectivity index (χ1n) is 8.46. The number of nitrogens with one attached hydrogen (secondary N) is 1. The molecule has 1 fully saturated rings. The highest BCUT2D eigenvalue weighted by Gasteiger charge is 2.19. The van der Waals surface area contributed by atoms with Gasteiger partial charge in [-0.3, -0.25) is 0 Å². The summed E-state index contributed by atoms with van der Waals surface area (Å²) in [4.78, 5) is 15.9. The summed E-state index contributed by atoms with van der Waals surface area (Å²) >= 11 is 8.46. The molecule has 1 aliphatic rings. The molecule has 0 atom stereocenters. The number of hydrogen-bond donors (Lipinski definition) is 1. The molecule has 1 aliphatic heterocycles. The third kappa shape index (κ3) is 3.99. The van der Waals surface area contributed by atoms with Gasteiger partial charge in [-0.1, -0.05) is 41.9 Å². The fourth-order valence-corrected chi connectivity index (χ4v) is 3.52. The number of anilines is 2. The van der Waals surface area contributed by atoms with E-state index >= 15 is 0 Å². The summed E-state index contributed by atoms with van der Waals surface area (Å²) in [5.74, 6) is 1.52. The van der Waals surface area contributed by atoms with Gasteiger partial charge in [0.15, 0.2) is 0 Å². The van der Waals surface area contributed by atoms with Gasteiger partial charge in [0.05, 0.1) is 11.7 Å². The Labute approximate surface area is 171 Å². The highest BCUT2D eigenvalue weighted by atomic mass is 127. The molecule has 0 aliphatic carbocycles. The molecule has 0 amide bonds. The fraction of sp³-hybridized carbons (Fsp3) is 0.278. The maximum Gasteiger partial charge on any atom is 0.228 e. The average Bonchev–Trinajstić information content (AvgIpc) is 2.67. The molecule has 0 saturated carbocycles. The van der Waals surface area contributed by atoms with Crippen molar-refractivity contribution in [2.75, 3.05) is 36.4 Å². The van der Waals surface area contributed by atoms with Crippen LogP contribution in [0.15, 0.2) is 42.6 Å². The number of aromatic nitrogens is 3. The number of piperazine rings is 1. The molecule has 3 aromatic rings. The Morgan fingerprint density at radius 3 is 2.62 bits per heavy atom. The van der Waals surface area contributed by atoms with Crippen LogP contribution >= 0.6 is 34.5 Å². The minimum absolute atomic E-state index is 0.440. The van der Waals surface area contributed by atoms with Gasteiger partial charge in [0.2, 0.25) is 5.95 Å². The van der Waals surface area contributed by atoms with Crippen molar-refractivity contribution >= 4 is 57.1 Å². The number of hydrogen-bond acceptors (Lipinski definition) is 6. The normalized spacial score (nSPS) is 15.4. The van der Waals surface area contributed by atoms with Crippen LogP contribution in [0.25, 0.3) is 10.9 Å². The molecular formula is C18H18ClIN6. The smallest absolute Gasteiger partial charge is 0.228 e. The van der Waals surface area contributed by atoms with E-state index in [9.17, 15) is 0 Å². The molecular weight excluding hydrogens is 463 g/mol. The molecule has 1 aromatic carbocycles. The lowest BCUT2D eigenvalue weighted by Crippen LogP contribution is -2.43. The standard InChI is InChI=1S/C18H18ClIN6/c19-16-10-14-15(12-21-16)23-18(25-6-8-26(20)9-7-25)24-17(14)22-11-13-4-2-1-3-5-13/h1-5,10,12H,6-9,11H2,(H,22,23,24). The number of fused-ring (bicyclic) bond motifs is 1. The molecule has 0 unspecified atom stereocenters. The minimum atomic E-state index is 0.440. The summed E-state index contributed by atoms with van der Waals surface area (Å²) in [6.45, 7) is 4.50. The van der Waals surface area contributed by atoms with Crippen molar-refractivity contribution in [2.45, 2.75) is 6.54 Å². The summed E-state index contributed by atoms with van der Waals surface area (Å²) in [5.41, 5.74) is 1.99. The first-order chi connectivity index (χ1) is 12.7. The second kappa shape index (κ2) is 7.89. The summed E-state index contributed by atoms with van der Waals surface area (Å²) in [6, 6.07) is 12.1. The van der Waals surface area contributed by atoms with Crippen molar-refractivity contribution in [1.29, 1.82) is 0 Å². The van der Waals surface area contributed by atoms with Crippen LogP contribution in [0, 0.1) is 0 Å². The number of pyridine rings is 1. The van der Waals surface area contributed by atoms with Gasteiger partial charge in [0.1, 0.15) is 11.0 Å². The van der Waals surface area contributed by atoms with Crippen LogP contribution in [0.3, 0.4) is 0 Å². The molecule has 26 heavy (non-hydrogen) atoms. The molecule has 0 bridgehead atoms. The molecule has 8 heteroatoms. The van der Waals surface area contributed by atoms with Crippen molar-refractivity contribution in [3.05, 3.63) is 53.3 Å². The minimum Gasteiger partial charge on any atom is -0.365 e. The second-order valence-electron chi connectivity index (χ2n) is 6.13. The zero-order valence-electron chi connectivity index (χ0n) is 14.1. The SMILES string of the molecule is Clc1cc2c(NCc3ccccc3)nc(N3CCN(I)CC3)nc2cn1. The molecule has 4 rings (SSSR count). The van der Waals surface area contributed by atoms with Gasteiger partial charge >= 0.3 is 0 Å². The lowest BCUT2D eigenvalue weighted by molar-refractivity contribution is 0.456. The molecule has 3 heterocycles. The Morgan fingerprint density at radius 2 is 1.85 bits per heavy atom. The quantitative estimate of drug-likeness (QED) is 0.349. The van der Waals surface area contributed by atoms with Gasteiger partial charge in [-0.2, -0.15) is 4.98 Å². The first kappa shape index (κ1) is 17.7. The van der Waals surface area contributed by atoms with Crippen molar-refractivity contribution in [1.82, 2.24) is 18.1 Å². The monoisotopic (exact) mass is 480 g/mol. The van der Waals surface area contributed by atoms with Crippen LogP contribution < -0.4 is 10.2 Å².